The first-order valence-electron chi connectivity index (χ1n) is 3.72. The van der Waals surface area contributed by atoms with Gasteiger partial charge in [-0.2, -0.15) is 0 Å². The topological polar surface area (TPSA) is 18.5 Å². The summed E-state index contributed by atoms with van der Waals surface area (Å²) in [6, 6.07) is 0. The van der Waals surface area contributed by atoms with Crippen molar-refractivity contribution < 1.29 is 9.05 Å². The molecule has 1 aliphatic heterocycles. The molecule has 3 atom stereocenters. The van der Waals surface area contributed by atoms with E-state index in [4.69, 9.17) is 15.5 Å². The second kappa shape index (κ2) is 4.07. The molecule has 0 saturated carbocycles. The van der Waals surface area contributed by atoms with Gasteiger partial charge in [-0.3, -0.25) is 0 Å². The molecule has 62 valence electrons. The van der Waals surface area contributed by atoms with Crippen LogP contribution in [0, 0.1) is 18.3 Å². The molecule has 2 nitrogen and oxygen atoms in total. The summed E-state index contributed by atoms with van der Waals surface area (Å²) in [6.45, 7) is 2.12. The highest BCUT2D eigenvalue weighted by Gasteiger charge is 2.27. The molecule has 1 aliphatic rings. The summed E-state index contributed by atoms with van der Waals surface area (Å²) in [6.07, 6.45) is 7.40. The van der Waals surface area contributed by atoms with Crippen LogP contribution in [0.1, 0.15) is 13.3 Å². The Morgan fingerprint density at radius 3 is 3.00 bits per heavy atom. The standard InChI is InChI=1S/C8H13O2P/c1-4-8-7(2)5-6-11(9-3)10-8/h1,7-8H,5-6H2,2-3H3. The molecule has 0 aromatic rings. The SMILES string of the molecule is C#CC1OP(OC)CCC1C. The van der Waals surface area contributed by atoms with Crippen molar-refractivity contribution in [2.45, 2.75) is 19.4 Å². The summed E-state index contributed by atoms with van der Waals surface area (Å²) in [7, 11) is 0.992. The van der Waals surface area contributed by atoms with Crippen LogP contribution in [0.25, 0.3) is 0 Å². The summed E-state index contributed by atoms with van der Waals surface area (Å²) < 4.78 is 10.6. The third-order valence-corrected chi connectivity index (χ3v) is 3.38. The normalized spacial score (nSPS) is 38.1. The van der Waals surface area contributed by atoms with Gasteiger partial charge in [-0.05, 0) is 12.3 Å². The smallest absolute Gasteiger partial charge is 0.171 e. The van der Waals surface area contributed by atoms with Gasteiger partial charge in [0.1, 0.15) is 6.10 Å². The molecule has 0 N–H and O–H groups in total. The minimum atomic E-state index is -0.684. The summed E-state index contributed by atoms with van der Waals surface area (Å²) >= 11 is 0. The first-order chi connectivity index (χ1) is 5.27. The second-order valence-electron chi connectivity index (χ2n) is 2.70. The molecule has 3 unspecified atom stereocenters. The Kier molecular flexibility index (Phi) is 3.33. The van der Waals surface area contributed by atoms with Crippen molar-refractivity contribution >= 4 is 8.38 Å². The third kappa shape index (κ3) is 2.17. The molecule has 0 aliphatic carbocycles. The van der Waals surface area contributed by atoms with Gasteiger partial charge in [0, 0.05) is 13.3 Å². The van der Waals surface area contributed by atoms with Gasteiger partial charge in [-0.15, -0.1) is 6.42 Å². The molecule has 1 fully saturated rings. The Labute approximate surface area is 69.2 Å². The fraction of sp³-hybridized carbons (Fsp3) is 0.750. The van der Waals surface area contributed by atoms with Crippen LogP contribution in [0.4, 0.5) is 0 Å². The number of hydrogen-bond donors (Lipinski definition) is 0. The van der Waals surface area contributed by atoms with Crippen molar-refractivity contribution in [2.75, 3.05) is 13.3 Å². The molecular formula is C8H13O2P. The summed E-state index contributed by atoms with van der Waals surface area (Å²) in [4.78, 5) is 0. The van der Waals surface area contributed by atoms with E-state index >= 15 is 0 Å². The van der Waals surface area contributed by atoms with Crippen LogP contribution < -0.4 is 0 Å². The van der Waals surface area contributed by atoms with Gasteiger partial charge in [0.15, 0.2) is 8.38 Å². The van der Waals surface area contributed by atoms with Crippen LogP contribution in [-0.2, 0) is 9.05 Å². The summed E-state index contributed by atoms with van der Waals surface area (Å²) in [5.74, 6) is 3.11. The molecule has 0 radical (unpaired) electrons. The van der Waals surface area contributed by atoms with E-state index in [0.717, 1.165) is 12.6 Å². The molecule has 0 spiro atoms. The maximum atomic E-state index is 5.50. The lowest BCUT2D eigenvalue weighted by Gasteiger charge is -2.29. The van der Waals surface area contributed by atoms with Crippen LogP contribution in [0.2, 0.25) is 0 Å². The van der Waals surface area contributed by atoms with E-state index in [-0.39, 0.29) is 6.10 Å². The molecule has 0 amide bonds. The highest BCUT2D eigenvalue weighted by Crippen LogP contribution is 2.45. The quantitative estimate of drug-likeness (QED) is 0.445. The van der Waals surface area contributed by atoms with E-state index in [1.165, 1.54) is 0 Å². The van der Waals surface area contributed by atoms with E-state index in [1.807, 2.05) is 0 Å². The molecule has 0 aromatic carbocycles. The van der Waals surface area contributed by atoms with Crippen LogP contribution >= 0.6 is 8.38 Å². The van der Waals surface area contributed by atoms with E-state index in [0.29, 0.717) is 5.92 Å². The minimum absolute atomic E-state index is 0.0326. The van der Waals surface area contributed by atoms with E-state index in [9.17, 15) is 0 Å². The number of terminal acetylenes is 1. The van der Waals surface area contributed by atoms with Crippen molar-refractivity contribution in [2.24, 2.45) is 5.92 Å². The number of hydrogen-bond acceptors (Lipinski definition) is 2. The highest BCUT2D eigenvalue weighted by molar-refractivity contribution is 7.47. The highest BCUT2D eigenvalue weighted by atomic mass is 31.2. The maximum absolute atomic E-state index is 5.50. The fourth-order valence-corrected chi connectivity index (χ4v) is 2.59. The maximum Gasteiger partial charge on any atom is 0.171 e. The Hall–Kier alpha value is -0.0900. The summed E-state index contributed by atoms with van der Waals surface area (Å²) in [5.41, 5.74) is 0. The van der Waals surface area contributed by atoms with Gasteiger partial charge < -0.3 is 9.05 Å². The predicted molar refractivity (Wildman–Crippen MR) is 46.3 cm³/mol. The summed E-state index contributed by atoms with van der Waals surface area (Å²) in [5, 5.41) is 0. The molecule has 3 heteroatoms. The average molecular weight is 172 g/mol. The van der Waals surface area contributed by atoms with Crippen molar-refractivity contribution in [1.82, 2.24) is 0 Å². The van der Waals surface area contributed by atoms with Crippen LogP contribution in [0.5, 0.6) is 0 Å². The van der Waals surface area contributed by atoms with Gasteiger partial charge >= 0.3 is 0 Å². The van der Waals surface area contributed by atoms with Crippen molar-refractivity contribution in [3.8, 4) is 12.3 Å². The van der Waals surface area contributed by atoms with Gasteiger partial charge in [-0.25, -0.2) is 0 Å². The zero-order chi connectivity index (χ0) is 8.27. The number of rotatable bonds is 1. The molecule has 0 aromatic heterocycles. The van der Waals surface area contributed by atoms with Crippen molar-refractivity contribution in [3.63, 3.8) is 0 Å². The zero-order valence-corrected chi connectivity index (χ0v) is 7.80. The fourth-order valence-electron chi connectivity index (χ4n) is 1.07. The lowest BCUT2D eigenvalue weighted by Crippen LogP contribution is -2.24. The Morgan fingerprint density at radius 2 is 2.45 bits per heavy atom. The molecule has 11 heavy (non-hydrogen) atoms. The van der Waals surface area contributed by atoms with Gasteiger partial charge in [0.25, 0.3) is 0 Å². The molecule has 0 bridgehead atoms. The molecular weight excluding hydrogens is 159 g/mol. The lowest BCUT2D eigenvalue weighted by molar-refractivity contribution is 0.164. The van der Waals surface area contributed by atoms with Crippen molar-refractivity contribution in [1.29, 1.82) is 0 Å². The minimum Gasteiger partial charge on any atom is -0.337 e. The van der Waals surface area contributed by atoms with Gasteiger partial charge in [0.2, 0.25) is 0 Å². The first kappa shape index (κ1) is 9.00. The second-order valence-corrected chi connectivity index (χ2v) is 4.39. The van der Waals surface area contributed by atoms with E-state index in [2.05, 4.69) is 12.8 Å². The van der Waals surface area contributed by atoms with E-state index < -0.39 is 8.38 Å². The van der Waals surface area contributed by atoms with Crippen LogP contribution in [0.3, 0.4) is 0 Å². The predicted octanol–water partition coefficient (Wildman–Crippen LogP) is 2.00. The molecule has 1 heterocycles. The molecule has 1 saturated heterocycles. The van der Waals surface area contributed by atoms with Crippen molar-refractivity contribution in [3.05, 3.63) is 0 Å². The largest absolute Gasteiger partial charge is 0.337 e. The first-order valence-corrected chi connectivity index (χ1v) is 5.08. The van der Waals surface area contributed by atoms with Gasteiger partial charge in [0.05, 0.1) is 0 Å². The zero-order valence-electron chi connectivity index (χ0n) is 6.91. The Bertz CT molecular complexity index is 164. The average Bonchev–Trinajstić information content (AvgIpc) is 2.05. The monoisotopic (exact) mass is 172 g/mol. The Morgan fingerprint density at radius 1 is 1.73 bits per heavy atom. The van der Waals surface area contributed by atoms with Gasteiger partial charge in [-0.1, -0.05) is 12.8 Å². The van der Waals surface area contributed by atoms with E-state index in [1.54, 1.807) is 7.11 Å². The molecule has 1 rings (SSSR count). The third-order valence-electron chi connectivity index (χ3n) is 1.88. The van der Waals surface area contributed by atoms with Crippen LogP contribution in [-0.4, -0.2) is 19.4 Å². The van der Waals surface area contributed by atoms with Crippen LogP contribution in [0.15, 0.2) is 0 Å². The Balaban J connectivity index is 2.46. The lowest BCUT2D eigenvalue weighted by atomic mass is 10.0.